The molecule has 2 N–H and O–H groups in total. The van der Waals surface area contributed by atoms with Crippen LogP contribution in [0.5, 0.6) is 0 Å². The van der Waals surface area contributed by atoms with E-state index in [0.717, 1.165) is 12.0 Å². The van der Waals surface area contributed by atoms with Crippen LogP contribution in [0.3, 0.4) is 0 Å². The Bertz CT molecular complexity index is 480. The van der Waals surface area contributed by atoms with Crippen molar-refractivity contribution in [3.05, 3.63) is 35.4 Å². The van der Waals surface area contributed by atoms with Crippen LogP contribution in [0.1, 0.15) is 22.3 Å². The zero-order valence-electron chi connectivity index (χ0n) is 8.56. The molecule has 1 saturated carbocycles. The third-order valence-corrected chi connectivity index (χ3v) is 3.68. The molecule has 0 bridgehead atoms. The highest BCUT2D eigenvalue weighted by atomic mass is 16.4. The lowest BCUT2D eigenvalue weighted by Gasteiger charge is -2.11. The van der Waals surface area contributed by atoms with Gasteiger partial charge in [0.25, 0.3) is 0 Å². The number of carbonyl (C=O) groups excluding carboxylic acids is 1. The third kappa shape index (κ3) is 1.10. The summed E-state index contributed by atoms with van der Waals surface area (Å²) in [5.74, 6) is -0.692. The second-order valence-electron chi connectivity index (χ2n) is 4.51. The molecule has 2 atom stereocenters. The molecular formula is C12H11NO3. The van der Waals surface area contributed by atoms with Crippen molar-refractivity contribution in [2.24, 2.45) is 5.92 Å². The van der Waals surface area contributed by atoms with Gasteiger partial charge in [0.15, 0.2) is 0 Å². The molecule has 1 heterocycles. The van der Waals surface area contributed by atoms with Gasteiger partial charge in [-0.05, 0) is 24.1 Å². The van der Waals surface area contributed by atoms with Crippen LogP contribution in [0.25, 0.3) is 0 Å². The molecule has 2 aliphatic rings. The zero-order chi connectivity index (χ0) is 11.3. The van der Waals surface area contributed by atoms with E-state index in [1.807, 2.05) is 12.1 Å². The van der Waals surface area contributed by atoms with E-state index in [-0.39, 0.29) is 22.8 Å². The summed E-state index contributed by atoms with van der Waals surface area (Å²) in [6, 6.07) is 6.85. The molecule has 3 rings (SSSR count). The molecule has 1 aliphatic heterocycles. The van der Waals surface area contributed by atoms with E-state index in [1.165, 1.54) is 0 Å². The average Bonchev–Trinajstić information content (AvgIpc) is 2.95. The molecule has 1 aromatic carbocycles. The normalized spacial score (nSPS) is 30.8. The summed E-state index contributed by atoms with van der Waals surface area (Å²) in [6.45, 7) is 0.683. The summed E-state index contributed by atoms with van der Waals surface area (Å²) < 4.78 is 0. The minimum atomic E-state index is -0.919. The Labute approximate surface area is 92.3 Å². The molecule has 0 unspecified atom stereocenters. The molecule has 1 saturated heterocycles. The van der Waals surface area contributed by atoms with Gasteiger partial charge < -0.3 is 10.4 Å². The standard InChI is InChI=1S/C12H11NO3/c14-10-9-5-12(9,6-13-10)8-3-1-7(2-4-8)11(15)16/h1-4,9H,5-6H2,(H,13,14)(H,15,16)/t9-,12+/m1/s1. The topological polar surface area (TPSA) is 66.4 Å². The Morgan fingerprint density at radius 3 is 2.50 bits per heavy atom. The van der Waals surface area contributed by atoms with E-state index in [2.05, 4.69) is 5.32 Å². The third-order valence-electron chi connectivity index (χ3n) is 3.68. The van der Waals surface area contributed by atoms with Crippen molar-refractivity contribution in [1.29, 1.82) is 0 Å². The number of benzene rings is 1. The Kier molecular flexibility index (Phi) is 1.67. The van der Waals surface area contributed by atoms with Crippen molar-refractivity contribution >= 4 is 11.9 Å². The van der Waals surface area contributed by atoms with Gasteiger partial charge in [-0.3, -0.25) is 4.79 Å². The minimum absolute atomic E-state index is 0.0475. The van der Waals surface area contributed by atoms with Gasteiger partial charge in [0.1, 0.15) is 0 Å². The predicted molar refractivity (Wildman–Crippen MR) is 56.2 cm³/mol. The SMILES string of the molecule is O=C(O)c1ccc([C@]23CNC(=O)[C@H]2C3)cc1. The first-order chi connectivity index (χ1) is 7.63. The Balaban J connectivity index is 1.92. The van der Waals surface area contributed by atoms with Gasteiger partial charge in [0.05, 0.1) is 11.5 Å². The number of aromatic carboxylic acids is 1. The van der Waals surface area contributed by atoms with E-state index in [0.29, 0.717) is 6.54 Å². The van der Waals surface area contributed by atoms with Gasteiger partial charge in [-0.2, -0.15) is 0 Å². The van der Waals surface area contributed by atoms with Gasteiger partial charge in [-0.15, -0.1) is 0 Å². The number of nitrogens with one attached hydrogen (secondary N) is 1. The molecule has 16 heavy (non-hydrogen) atoms. The van der Waals surface area contributed by atoms with Crippen molar-refractivity contribution in [2.75, 3.05) is 6.54 Å². The number of carboxylic acids is 1. The summed E-state index contributed by atoms with van der Waals surface area (Å²) >= 11 is 0. The van der Waals surface area contributed by atoms with E-state index >= 15 is 0 Å². The van der Waals surface area contributed by atoms with Crippen LogP contribution in [-0.4, -0.2) is 23.5 Å². The van der Waals surface area contributed by atoms with E-state index < -0.39 is 5.97 Å². The second kappa shape index (κ2) is 2.84. The van der Waals surface area contributed by atoms with E-state index in [9.17, 15) is 9.59 Å². The lowest BCUT2D eigenvalue weighted by molar-refractivity contribution is -0.120. The van der Waals surface area contributed by atoms with Crippen LogP contribution in [0.4, 0.5) is 0 Å². The molecule has 0 aromatic heterocycles. The first-order valence-corrected chi connectivity index (χ1v) is 5.25. The lowest BCUT2D eigenvalue weighted by Crippen LogP contribution is -2.22. The van der Waals surface area contributed by atoms with Crippen molar-refractivity contribution < 1.29 is 14.7 Å². The smallest absolute Gasteiger partial charge is 0.335 e. The number of amides is 1. The van der Waals surface area contributed by atoms with Crippen molar-refractivity contribution in [2.45, 2.75) is 11.8 Å². The van der Waals surface area contributed by atoms with Crippen LogP contribution >= 0.6 is 0 Å². The van der Waals surface area contributed by atoms with E-state index in [1.54, 1.807) is 12.1 Å². The molecule has 82 valence electrons. The summed E-state index contributed by atoms with van der Waals surface area (Å²) in [5, 5.41) is 11.6. The number of hydrogen-bond acceptors (Lipinski definition) is 2. The van der Waals surface area contributed by atoms with Crippen LogP contribution in [-0.2, 0) is 10.2 Å². The van der Waals surface area contributed by atoms with Crippen LogP contribution in [0, 0.1) is 5.92 Å². The Morgan fingerprint density at radius 1 is 1.38 bits per heavy atom. The molecular weight excluding hydrogens is 206 g/mol. The minimum Gasteiger partial charge on any atom is -0.478 e. The van der Waals surface area contributed by atoms with Crippen molar-refractivity contribution in [3.8, 4) is 0 Å². The summed E-state index contributed by atoms with van der Waals surface area (Å²) in [5.41, 5.74) is 1.31. The maximum atomic E-state index is 11.4. The Morgan fingerprint density at radius 2 is 2.06 bits per heavy atom. The molecule has 2 fully saturated rings. The van der Waals surface area contributed by atoms with Gasteiger partial charge in [0.2, 0.25) is 5.91 Å². The number of hydrogen-bond donors (Lipinski definition) is 2. The number of piperidine rings is 1. The number of carboxylic acid groups (broad SMARTS) is 1. The van der Waals surface area contributed by atoms with Crippen LogP contribution in [0.2, 0.25) is 0 Å². The second-order valence-corrected chi connectivity index (χ2v) is 4.51. The molecule has 4 nitrogen and oxygen atoms in total. The maximum Gasteiger partial charge on any atom is 0.335 e. The molecule has 1 aliphatic carbocycles. The number of rotatable bonds is 2. The molecule has 4 heteroatoms. The lowest BCUT2D eigenvalue weighted by atomic mass is 9.94. The number of fused-ring (bicyclic) bond motifs is 1. The highest BCUT2D eigenvalue weighted by molar-refractivity contribution is 5.89. The molecule has 1 aromatic rings. The van der Waals surface area contributed by atoms with Gasteiger partial charge in [0, 0.05) is 12.0 Å². The maximum absolute atomic E-state index is 11.4. The Hall–Kier alpha value is -1.84. The average molecular weight is 217 g/mol. The summed E-state index contributed by atoms with van der Waals surface area (Å²) in [4.78, 5) is 22.1. The first kappa shape index (κ1) is 9.39. The quantitative estimate of drug-likeness (QED) is 0.769. The summed E-state index contributed by atoms with van der Waals surface area (Å²) in [7, 11) is 0. The first-order valence-electron chi connectivity index (χ1n) is 5.25. The molecule has 1 amide bonds. The molecule has 0 spiro atoms. The highest BCUT2D eigenvalue weighted by Crippen LogP contribution is 2.56. The van der Waals surface area contributed by atoms with Gasteiger partial charge in [-0.25, -0.2) is 4.79 Å². The predicted octanol–water partition coefficient (Wildman–Crippen LogP) is 0.772. The van der Waals surface area contributed by atoms with E-state index in [4.69, 9.17) is 5.11 Å². The monoisotopic (exact) mass is 217 g/mol. The fourth-order valence-electron chi connectivity index (χ4n) is 2.58. The van der Waals surface area contributed by atoms with Crippen molar-refractivity contribution in [1.82, 2.24) is 5.32 Å². The van der Waals surface area contributed by atoms with Crippen molar-refractivity contribution in [3.63, 3.8) is 0 Å². The van der Waals surface area contributed by atoms with Gasteiger partial charge >= 0.3 is 5.97 Å². The number of carbonyl (C=O) groups is 2. The van der Waals surface area contributed by atoms with Gasteiger partial charge in [-0.1, -0.05) is 12.1 Å². The highest BCUT2D eigenvalue weighted by Gasteiger charge is 2.63. The van der Waals surface area contributed by atoms with Crippen LogP contribution < -0.4 is 5.32 Å². The fourth-order valence-corrected chi connectivity index (χ4v) is 2.58. The largest absolute Gasteiger partial charge is 0.478 e. The molecule has 0 radical (unpaired) electrons. The zero-order valence-corrected chi connectivity index (χ0v) is 8.56. The fraction of sp³-hybridized carbons (Fsp3) is 0.333. The van der Waals surface area contributed by atoms with Crippen LogP contribution in [0.15, 0.2) is 24.3 Å². The summed E-state index contributed by atoms with van der Waals surface area (Å²) in [6.07, 6.45) is 0.894.